The number of halogens is 11. The molecule has 0 saturated carbocycles. The molecule has 0 fully saturated rings. The molecule has 0 saturated heterocycles. The molecule has 0 aliphatic heterocycles. The highest BCUT2D eigenvalue weighted by molar-refractivity contribution is 8.03. The van der Waals surface area contributed by atoms with Crippen molar-refractivity contribution in [3.63, 3.8) is 0 Å². The Bertz CT molecular complexity index is 576. The third-order valence-electron chi connectivity index (χ3n) is 2.86. The predicted molar refractivity (Wildman–Crippen MR) is 69.1 cm³/mol. The number of aliphatic carboxylic acids is 1. The van der Waals surface area contributed by atoms with Crippen molar-refractivity contribution in [1.29, 1.82) is 0 Å². The Kier molecular flexibility index (Phi) is 7.60. The zero-order valence-electron chi connectivity index (χ0n) is 12.5. The number of aliphatic hydroxyl groups excluding tert-OH is 1. The Balaban J connectivity index is 6.10. The lowest BCUT2D eigenvalue weighted by atomic mass is 9.97. The standard InChI is InChI=1S/C11H10F11NO3S/c12-7(13,5(1-2-24)27-3-4(23)6(25)26)8(14,15)9(16,17)10(18,19)11(20,21)22/h1,4,24H,2-3,23H2,(H,25,26)/b5-1-. The van der Waals surface area contributed by atoms with Crippen molar-refractivity contribution in [2.24, 2.45) is 5.73 Å². The van der Waals surface area contributed by atoms with Crippen molar-refractivity contribution in [3.05, 3.63) is 11.0 Å². The lowest BCUT2D eigenvalue weighted by molar-refractivity contribution is -0.417. The summed E-state index contributed by atoms with van der Waals surface area (Å²) in [6, 6.07) is -2.02. The van der Waals surface area contributed by atoms with Crippen LogP contribution in [0.2, 0.25) is 0 Å². The van der Waals surface area contributed by atoms with Crippen molar-refractivity contribution >= 4 is 17.7 Å². The summed E-state index contributed by atoms with van der Waals surface area (Å²) in [6.45, 7) is -1.54. The van der Waals surface area contributed by atoms with Gasteiger partial charge in [-0.15, -0.1) is 11.8 Å². The van der Waals surface area contributed by atoms with Gasteiger partial charge in [-0.25, -0.2) is 0 Å². The molecule has 0 rings (SSSR count). The highest BCUT2D eigenvalue weighted by atomic mass is 32.2. The molecule has 0 aromatic rings. The molecule has 16 heteroatoms. The number of carboxylic acids is 1. The fraction of sp³-hybridized carbons (Fsp3) is 0.727. The summed E-state index contributed by atoms with van der Waals surface area (Å²) in [5.41, 5.74) is 4.87. The van der Waals surface area contributed by atoms with Gasteiger partial charge in [-0.05, 0) is 6.08 Å². The molecule has 0 bridgehead atoms. The van der Waals surface area contributed by atoms with Gasteiger partial charge in [-0.3, -0.25) is 4.79 Å². The molecule has 160 valence electrons. The van der Waals surface area contributed by atoms with Crippen molar-refractivity contribution in [2.75, 3.05) is 12.4 Å². The van der Waals surface area contributed by atoms with E-state index in [0.717, 1.165) is 0 Å². The molecule has 0 radical (unpaired) electrons. The Morgan fingerprint density at radius 1 is 0.926 bits per heavy atom. The molecule has 0 aliphatic carbocycles. The summed E-state index contributed by atoms with van der Waals surface area (Å²) in [7, 11) is 0. The first-order chi connectivity index (χ1) is 11.8. The normalized spacial score (nSPS) is 16.4. The van der Waals surface area contributed by atoms with Gasteiger partial charge in [0.25, 0.3) is 0 Å². The summed E-state index contributed by atoms with van der Waals surface area (Å²) in [5.74, 6) is -31.8. The molecule has 0 spiro atoms. The van der Waals surface area contributed by atoms with E-state index in [-0.39, 0.29) is 6.08 Å². The SMILES string of the molecule is NC(CS/C(=C\CO)C(F)(F)C(F)(F)C(F)(F)C(F)(F)C(F)(F)F)C(=O)O. The van der Waals surface area contributed by atoms with Crippen LogP contribution in [-0.4, -0.2) is 64.5 Å². The zero-order valence-corrected chi connectivity index (χ0v) is 13.3. The quantitative estimate of drug-likeness (QED) is 0.476. The first-order valence-corrected chi connectivity index (χ1v) is 7.28. The third-order valence-corrected chi connectivity index (χ3v) is 4.12. The topological polar surface area (TPSA) is 83.5 Å². The minimum atomic E-state index is -7.61. The number of allylic oxidation sites excluding steroid dienone is 1. The van der Waals surface area contributed by atoms with Crippen molar-refractivity contribution in [3.8, 4) is 0 Å². The molecule has 4 nitrogen and oxygen atoms in total. The average molecular weight is 445 g/mol. The number of hydrogen-bond acceptors (Lipinski definition) is 4. The van der Waals surface area contributed by atoms with Gasteiger partial charge >= 0.3 is 35.8 Å². The first-order valence-electron chi connectivity index (χ1n) is 6.29. The number of alkyl halides is 11. The largest absolute Gasteiger partial charge is 0.480 e. The van der Waals surface area contributed by atoms with Crippen LogP contribution < -0.4 is 5.73 Å². The second-order valence-electron chi connectivity index (χ2n) is 4.80. The molecule has 1 unspecified atom stereocenters. The Morgan fingerprint density at radius 3 is 1.70 bits per heavy atom. The maximum absolute atomic E-state index is 13.8. The molecular formula is C11H10F11NO3S. The predicted octanol–water partition coefficient (Wildman–Crippen LogP) is 3.11. The van der Waals surface area contributed by atoms with Crippen molar-refractivity contribution < 1.29 is 63.3 Å². The lowest BCUT2D eigenvalue weighted by Crippen LogP contribution is -2.66. The van der Waals surface area contributed by atoms with Crippen LogP contribution in [0.4, 0.5) is 48.3 Å². The maximum Gasteiger partial charge on any atom is 0.460 e. The monoisotopic (exact) mass is 445 g/mol. The Labute approximate surface area is 147 Å². The van der Waals surface area contributed by atoms with Crippen LogP contribution in [0, 0.1) is 0 Å². The second kappa shape index (κ2) is 7.98. The van der Waals surface area contributed by atoms with E-state index in [1.165, 1.54) is 0 Å². The van der Waals surface area contributed by atoms with Crippen LogP contribution in [0.1, 0.15) is 0 Å². The molecule has 27 heavy (non-hydrogen) atoms. The average Bonchev–Trinajstić information content (AvgIpc) is 2.48. The number of rotatable bonds is 9. The minimum Gasteiger partial charge on any atom is -0.480 e. The number of aliphatic hydroxyl groups is 1. The van der Waals surface area contributed by atoms with Gasteiger partial charge in [-0.1, -0.05) is 0 Å². The zero-order chi connectivity index (χ0) is 22.1. The van der Waals surface area contributed by atoms with E-state index < -0.39 is 70.9 Å². The number of carboxylic acid groups (broad SMARTS) is 1. The van der Waals surface area contributed by atoms with Crippen LogP contribution in [-0.2, 0) is 4.79 Å². The van der Waals surface area contributed by atoms with E-state index in [1.807, 2.05) is 0 Å². The molecule has 0 aromatic heterocycles. The van der Waals surface area contributed by atoms with E-state index >= 15 is 0 Å². The van der Waals surface area contributed by atoms with Crippen LogP contribution in [0.25, 0.3) is 0 Å². The first kappa shape index (κ1) is 25.7. The summed E-state index contributed by atoms with van der Waals surface area (Å²) < 4.78 is 142. The van der Waals surface area contributed by atoms with Gasteiger partial charge in [0, 0.05) is 5.75 Å². The van der Waals surface area contributed by atoms with Gasteiger partial charge in [0.05, 0.1) is 11.5 Å². The molecule has 0 aliphatic rings. The third kappa shape index (κ3) is 4.59. The molecule has 0 heterocycles. The van der Waals surface area contributed by atoms with E-state index in [4.69, 9.17) is 15.9 Å². The summed E-state index contributed by atoms with van der Waals surface area (Å²) in [4.78, 5) is 8.16. The number of carbonyl (C=O) groups is 1. The fourth-order valence-corrected chi connectivity index (χ4v) is 2.34. The molecule has 0 aromatic carbocycles. The van der Waals surface area contributed by atoms with Crippen molar-refractivity contribution in [2.45, 2.75) is 35.9 Å². The van der Waals surface area contributed by atoms with Gasteiger partial charge in [-0.2, -0.15) is 48.3 Å². The van der Waals surface area contributed by atoms with E-state index in [0.29, 0.717) is 0 Å². The summed E-state index contributed by atoms with van der Waals surface area (Å²) >= 11 is -0.644. The van der Waals surface area contributed by atoms with E-state index in [2.05, 4.69) is 0 Å². The van der Waals surface area contributed by atoms with E-state index in [9.17, 15) is 53.1 Å². The van der Waals surface area contributed by atoms with E-state index in [1.54, 1.807) is 0 Å². The number of hydrogen-bond donors (Lipinski definition) is 3. The van der Waals surface area contributed by atoms with Gasteiger partial charge < -0.3 is 15.9 Å². The molecule has 1 atom stereocenters. The van der Waals surface area contributed by atoms with Crippen LogP contribution in [0.3, 0.4) is 0 Å². The Hall–Kier alpha value is -1.29. The van der Waals surface area contributed by atoms with Crippen LogP contribution in [0.5, 0.6) is 0 Å². The maximum atomic E-state index is 13.8. The fourth-order valence-electron chi connectivity index (χ4n) is 1.34. The Morgan fingerprint density at radius 2 is 1.37 bits per heavy atom. The number of thioether (sulfide) groups is 1. The molecular weight excluding hydrogens is 435 g/mol. The number of nitrogens with two attached hydrogens (primary N) is 1. The smallest absolute Gasteiger partial charge is 0.460 e. The summed E-state index contributed by atoms with van der Waals surface area (Å²) in [5, 5.41) is 16.9. The highest BCUT2D eigenvalue weighted by Gasteiger charge is 2.87. The minimum absolute atomic E-state index is 0.283. The van der Waals surface area contributed by atoms with Gasteiger partial charge in [0.1, 0.15) is 6.04 Å². The van der Waals surface area contributed by atoms with Gasteiger partial charge in [0.2, 0.25) is 0 Å². The second-order valence-corrected chi connectivity index (χ2v) is 5.86. The van der Waals surface area contributed by atoms with Crippen LogP contribution >= 0.6 is 11.8 Å². The summed E-state index contributed by atoms with van der Waals surface area (Å²) in [6.07, 6.45) is -7.58. The highest BCUT2D eigenvalue weighted by Crippen LogP contribution is 2.59. The molecule has 4 N–H and O–H groups in total. The molecule has 0 amide bonds. The van der Waals surface area contributed by atoms with Gasteiger partial charge in [0.15, 0.2) is 0 Å². The van der Waals surface area contributed by atoms with Crippen LogP contribution in [0.15, 0.2) is 11.0 Å². The van der Waals surface area contributed by atoms with Crippen molar-refractivity contribution in [1.82, 2.24) is 0 Å². The lowest BCUT2D eigenvalue weighted by Gasteiger charge is -2.38.